The molecule has 1 aliphatic heterocycles. The summed E-state index contributed by atoms with van der Waals surface area (Å²) in [5, 5.41) is 2.92. The van der Waals surface area contributed by atoms with Gasteiger partial charge in [-0.2, -0.15) is 0 Å². The van der Waals surface area contributed by atoms with Crippen molar-refractivity contribution >= 4 is 23.1 Å². The van der Waals surface area contributed by atoms with Gasteiger partial charge in [-0.15, -0.1) is 0 Å². The molecule has 1 aliphatic rings. The fourth-order valence-electron chi connectivity index (χ4n) is 4.36. The zero-order valence-corrected chi connectivity index (χ0v) is 20.7. The number of hydrogen-bond donors (Lipinski definition) is 1. The molecule has 4 heterocycles. The number of methoxy groups -OCH3 is 1. The van der Waals surface area contributed by atoms with E-state index < -0.39 is 0 Å². The minimum absolute atomic E-state index is 0.275. The van der Waals surface area contributed by atoms with Crippen LogP contribution in [0.15, 0.2) is 79.5 Å². The lowest BCUT2D eigenvalue weighted by Gasteiger charge is -2.28. The van der Waals surface area contributed by atoms with E-state index in [-0.39, 0.29) is 11.6 Å². The summed E-state index contributed by atoms with van der Waals surface area (Å²) in [6.45, 7) is 2.88. The molecule has 5 aromatic rings. The number of aromatic nitrogens is 5. The van der Waals surface area contributed by atoms with Crippen LogP contribution in [-0.4, -0.2) is 63.7 Å². The molecule has 0 atom stereocenters. The quantitative estimate of drug-likeness (QED) is 0.368. The molecule has 1 N–H and O–H groups in total. The normalized spacial score (nSPS) is 13.4. The van der Waals surface area contributed by atoms with Crippen LogP contribution in [0.2, 0.25) is 0 Å². The van der Waals surface area contributed by atoms with Crippen LogP contribution < -0.4 is 15.0 Å². The Kier molecular flexibility index (Phi) is 6.37. The Bertz CT molecular complexity index is 1580. The van der Waals surface area contributed by atoms with E-state index in [1.807, 2.05) is 65.3 Å². The highest BCUT2D eigenvalue weighted by Gasteiger charge is 2.18. The summed E-state index contributed by atoms with van der Waals surface area (Å²) in [5.41, 5.74) is 5.01. The average molecular weight is 508 g/mol. The number of anilines is 2. The SMILES string of the molecule is COc1ccc(-c2cc(C(=O)Nc3ccc(-c4cn5ccnc5c(N5CCOCC5)n4)cc3)ncn2)cc1. The van der Waals surface area contributed by atoms with E-state index in [1.54, 1.807) is 19.4 Å². The first-order chi connectivity index (χ1) is 18.7. The van der Waals surface area contributed by atoms with Crippen LogP contribution in [-0.2, 0) is 4.74 Å². The Morgan fingerprint density at radius 3 is 2.45 bits per heavy atom. The molecule has 0 bridgehead atoms. The Morgan fingerprint density at radius 1 is 0.947 bits per heavy atom. The van der Waals surface area contributed by atoms with Crippen LogP contribution in [0.4, 0.5) is 11.5 Å². The van der Waals surface area contributed by atoms with Crippen molar-refractivity contribution in [2.75, 3.05) is 43.6 Å². The number of ether oxygens (including phenoxy) is 2. The molecule has 1 fully saturated rings. The van der Waals surface area contributed by atoms with Crippen LogP contribution in [0.3, 0.4) is 0 Å². The molecule has 0 radical (unpaired) electrons. The molecule has 10 nitrogen and oxygen atoms in total. The van der Waals surface area contributed by atoms with Gasteiger partial charge in [0.25, 0.3) is 5.91 Å². The second-order valence-corrected chi connectivity index (χ2v) is 8.76. The van der Waals surface area contributed by atoms with Crippen molar-refractivity contribution in [1.82, 2.24) is 24.3 Å². The minimum atomic E-state index is -0.317. The highest BCUT2D eigenvalue weighted by molar-refractivity contribution is 6.03. The van der Waals surface area contributed by atoms with Crippen molar-refractivity contribution in [2.45, 2.75) is 0 Å². The zero-order valence-electron chi connectivity index (χ0n) is 20.7. The lowest BCUT2D eigenvalue weighted by molar-refractivity contribution is 0.102. The van der Waals surface area contributed by atoms with Gasteiger partial charge in [0.05, 0.1) is 31.7 Å². The van der Waals surface area contributed by atoms with Crippen LogP contribution in [0, 0.1) is 0 Å². The van der Waals surface area contributed by atoms with Crippen molar-refractivity contribution in [2.24, 2.45) is 0 Å². The molecule has 0 aliphatic carbocycles. The van der Waals surface area contributed by atoms with Crippen molar-refractivity contribution in [3.8, 4) is 28.3 Å². The van der Waals surface area contributed by atoms with Crippen molar-refractivity contribution in [1.29, 1.82) is 0 Å². The summed E-state index contributed by atoms with van der Waals surface area (Å²) in [6.07, 6.45) is 7.04. The number of imidazole rings is 1. The number of morpholine rings is 1. The third-order valence-electron chi connectivity index (χ3n) is 6.39. The Labute approximate surface area is 218 Å². The second kappa shape index (κ2) is 10.3. The number of nitrogens with one attached hydrogen (secondary N) is 1. The summed E-state index contributed by atoms with van der Waals surface area (Å²) >= 11 is 0. The molecule has 1 saturated heterocycles. The zero-order chi connectivity index (χ0) is 25.9. The van der Waals surface area contributed by atoms with Gasteiger partial charge in [-0.25, -0.2) is 19.9 Å². The van der Waals surface area contributed by atoms with Gasteiger partial charge < -0.3 is 24.1 Å². The number of nitrogens with zero attached hydrogens (tertiary/aromatic N) is 6. The van der Waals surface area contributed by atoms with Gasteiger partial charge >= 0.3 is 0 Å². The molecular formula is C28H25N7O3. The molecule has 0 unspecified atom stereocenters. The maximum absolute atomic E-state index is 12.9. The van der Waals surface area contributed by atoms with E-state index in [0.717, 1.165) is 47.1 Å². The monoisotopic (exact) mass is 507 g/mol. The van der Waals surface area contributed by atoms with Gasteiger partial charge in [0.2, 0.25) is 0 Å². The third-order valence-corrected chi connectivity index (χ3v) is 6.39. The van der Waals surface area contributed by atoms with Gasteiger partial charge in [0, 0.05) is 48.5 Å². The fraction of sp³-hybridized carbons (Fsp3) is 0.179. The average Bonchev–Trinajstić information content (AvgIpc) is 3.46. The van der Waals surface area contributed by atoms with Gasteiger partial charge in [0.15, 0.2) is 11.5 Å². The molecule has 1 amide bonds. The van der Waals surface area contributed by atoms with Crippen LogP contribution >= 0.6 is 0 Å². The number of benzene rings is 2. The highest BCUT2D eigenvalue weighted by atomic mass is 16.5. The number of fused-ring (bicyclic) bond motifs is 1. The maximum Gasteiger partial charge on any atom is 0.274 e. The van der Waals surface area contributed by atoms with Gasteiger partial charge in [0.1, 0.15) is 17.8 Å². The molecule has 3 aromatic heterocycles. The molecule has 6 rings (SSSR count). The van der Waals surface area contributed by atoms with Gasteiger partial charge in [-0.1, -0.05) is 12.1 Å². The lowest BCUT2D eigenvalue weighted by Crippen LogP contribution is -2.37. The number of rotatable bonds is 6. The Balaban J connectivity index is 1.21. The first-order valence-corrected chi connectivity index (χ1v) is 12.2. The first kappa shape index (κ1) is 23.6. The van der Waals surface area contributed by atoms with E-state index >= 15 is 0 Å². The largest absolute Gasteiger partial charge is 0.497 e. The summed E-state index contributed by atoms with van der Waals surface area (Å²) in [7, 11) is 1.62. The van der Waals surface area contributed by atoms with Crippen LogP contribution in [0.25, 0.3) is 28.2 Å². The summed E-state index contributed by atoms with van der Waals surface area (Å²) in [5.74, 6) is 1.27. The Morgan fingerprint density at radius 2 is 1.68 bits per heavy atom. The molecule has 38 heavy (non-hydrogen) atoms. The summed E-state index contributed by atoms with van der Waals surface area (Å²) in [6, 6.07) is 16.7. The Hall–Kier alpha value is -4.83. The van der Waals surface area contributed by atoms with E-state index in [1.165, 1.54) is 6.33 Å². The molecule has 0 spiro atoms. The van der Waals surface area contributed by atoms with E-state index in [2.05, 4.69) is 25.2 Å². The van der Waals surface area contributed by atoms with E-state index in [9.17, 15) is 4.79 Å². The highest BCUT2D eigenvalue weighted by Crippen LogP contribution is 2.26. The van der Waals surface area contributed by atoms with Gasteiger partial charge in [-0.3, -0.25) is 4.79 Å². The number of amides is 1. The topological polar surface area (TPSA) is 107 Å². The maximum atomic E-state index is 12.9. The van der Waals surface area contributed by atoms with Crippen molar-refractivity contribution in [3.05, 3.63) is 85.2 Å². The van der Waals surface area contributed by atoms with Gasteiger partial charge in [-0.05, 0) is 42.5 Å². The van der Waals surface area contributed by atoms with E-state index in [0.29, 0.717) is 24.6 Å². The fourth-order valence-corrected chi connectivity index (χ4v) is 4.36. The molecule has 190 valence electrons. The van der Waals surface area contributed by atoms with Crippen LogP contribution in [0.5, 0.6) is 5.75 Å². The van der Waals surface area contributed by atoms with E-state index in [4.69, 9.17) is 14.5 Å². The molecular weight excluding hydrogens is 482 g/mol. The molecule has 10 heteroatoms. The standard InChI is InChI=1S/C28H25N7O3/c1-37-22-8-4-19(5-9-22)23-16-24(31-18-30-23)28(36)32-21-6-2-20(3-7-21)25-17-35-11-10-29-26(35)27(33-25)34-12-14-38-15-13-34/h2-11,16-18H,12-15H2,1H3,(H,32,36). The minimum Gasteiger partial charge on any atom is -0.497 e. The number of carbonyl (C=O) groups excluding carboxylic acids is 1. The number of hydrogen-bond acceptors (Lipinski definition) is 8. The van der Waals surface area contributed by atoms with Crippen molar-refractivity contribution in [3.63, 3.8) is 0 Å². The lowest BCUT2D eigenvalue weighted by atomic mass is 10.1. The summed E-state index contributed by atoms with van der Waals surface area (Å²) < 4.78 is 12.7. The smallest absolute Gasteiger partial charge is 0.274 e. The van der Waals surface area contributed by atoms with Crippen molar-refractivity contribution < 1.29 is 14.3 Å². The summed E-state index contributed by atoms with van der Waals surface area (Å²) in [4.78, 5) is 33.0. The predicted octanol–water partition coefficient (Wildman–Crippen LogP) is 3.95. The van der Waals surface area contributed by atoms with Crippen LogP contribution in [0.1, 0.15) is 10.5 Å². The molecule has 2 aromatic carbocycles. The third kappa shape index (κ3) is 4.76. The predicted molar refractivity (Wildman–Crippen MR) is 143 cm³/mol. The second-order valence-electron chi connectivity index (χ2n) is 8.76. The first-order valence-electron chi connectivity index (χ1n) is 12.2. The number of carbonyl (C=O) groups is 1. The molecule has 0 saturated carbocycles.